The van der Waals surface area contributed by atoms with Crippen LogP contribution < -0.4 is 4.90 Å². The number of carbonyl (C=O) groups is 3. The van der Waals surface area contributed by atoms with Crippen LogP contribution in [0.25, 0.3) is 0 Å². The molecule has 1 aliphatic heterocycles. The summed E-state index contributed by atoms with van der Waals surface area (Å²) >= 11 is 2.01. The van der Waals surface area contributed by atoms with Crippen LogP contribution in [0.3, 0.4) is 0 Å². The van der Waals surface area contributed by atoms with Gasteiger partial charge in [-0.05, 0) is 40.3 Å². The maximum atomic E-state index is 11.7. The molecular weight excluding hydrogens is 349 g/mol. The van der Waals surface area contributed by atoms with E-state index in [2.05, 4.69) is 4.74 Å². The van der Waals surface area contributed by atoms with Gasteiger partial charge in [-0.1, -0.05) is 0 Å². The van der Waals surface area contributed by atoms with E-state index in [0.717, 1.165) is 10.5 Å². The molecule has 0 saturated carbocycles. The summed E-state index contributed by atoms with van der Waals surface area (Å²) in [4.78, 5) is 35.8. The lowest BCUT2D eigenvalue weighted by molar-refractivity contribution is -0.124. The van der Waals surface area contributed by atoms with E-state index in [4.69, 9.17) is 0 Å². The Balaban J connectivity index is 2.58. The lowest BCUT2D eigenvalue weighted by Crippen LogP contribution is -2.31. The number of ether oxygens (including phenoxy) is 1. The number of fused-ring (bicyclic) bond motifs is 1. The molecule has 2 amide bonds. The van der Waals surface area contributed by atoms with Crippen LogP contribution >= 0.6 is 22.6 Å². The number of imide groups is 1. The van der Waals surface area contributed by atoms with Crippen LogP contribution in [0.4, 0.5) is 5.69 Å². The standard InChI is InChI=1S/C12H10INO4/c1-6(15)14-10-5-8(12(17)18-2)9(13)3-7(10)4-11(14)16/h3,5H,4H2,1-2H3. The maximum Gasteiger partial charge on any atom is 0.339 e. The zero-order valence-electron chi connectivity index (χ0n) is 9.82. The molecule has 2 rings (SSSR count). The summed E-state index contributed by atoms with van der Waals surface area (Å²) in [7, 11) is 1.29. The molecule has 0 bridgehead atoms. The van der Waals surface area contributed by atoms with Crippen molar-refractivity contribution >= 4 is 46.1 Å². The van der Waals surface area contributed by atoms with Gasteiger partial charge in [-0.2, -0.15) is 0 Å². The number of methoxy groups -OCH3 is 1. The second kappa shape index (κ2) is 4.68. The van der Waals surface area contributed by atoms with E-state index < -0.39 is 5.97 Å². The molecule has 0 aromatic heterocycles. The number of hydrogen-bond donors (Lipinski definition) is 0. The quantitative estimate of drug-likeness (QED) is 0.563. The highest BCUT2D eigenvalue weighted by Gasteiger charge is 2.32. The van der Waals surface area contributed by atoms with Crippen molar-refractivity contribution in [3.05, 3.63) is 26.8 Å². The molecule has 1 heterocycles. The Labute approximate surface area is 117 Å². The van der Waals surface area contributed by atoms with Gasteiger partial charge in [0.2, 0.25) is 11.8 Å². The molecule has 0 saturated heterocycles. The van der Waals surface area contributed by atoms with Crippen molar-refractivity contribution in [3.8, 4) is 0 Å². The normalized spacial score (nSPS) is 13.5. The maximum absolute atomic E-state index is 11.7. The summed E-state index contributed by atoms with van der Waals surface area (Å²) in [5.74, 6) is -1.10. The first-order valence-electron chi connectivity index (χ1n) is 5.20. The van der Waals surface area contributed by atoms with Crippen molar-refractivity contribution in [1.82, 2.24) is 0 Å². The van der Waals surface area contributed by atoms with Crippen LogP contribution in [0, 0.1) is 3.57 Å². The van der Waals surface area contributed by atoms with Gasteiger partial charge >= 0.3 is 5.97 Å². The number of rotatable bonds is 1. The van der Waals surface area contributed by atoms with Crippen LogP contribution in [0.15, 0.2) is 12.1 Å². The fraction of sp³-hybridized carbons (Fsp3) is 0.250. The minimum absolute atomic E-state index is 0.187. The SMILES string of the molecule is COC(=O)c1cc2c(cc1I)CC(=O)N2C(C)=O. The number of nitrogens with zero attached hydrogens (tertiary/aromatic N) is 1. The largest absolute Gasteiger partial charge is 0.465 e. The molecule has 1 aliphatic rings. The first-order chi connectivity index (χ1) is 8.45. The Bertz CT molecular complexity index is 567. The van der Waals surface area contributed by atoms with Gasteiger partial charge in [-0.25, -0.2) is 4.79 Å². The molecule has 0 radical (unpaired) electrons. The number of hydrogen-bond acceptors (Lipinski definition) is 4. The van der Waals surface area contributed by atoms with Gasteiger partial charge in [0.25, 0.3) is 0 Å². The number of anilines is 1. The second-order valence-electron chi connectivity index (χ2n) is 3.88. The van der Waals surface area contributed by atoms with Crippen molar-refractivity contribution in [2.75, 3.05) is 12.0 Å². The predicted molar refractivity (Wildman–Crippen MR) is 72.4 cm³/mol. The Morgan fingerprint density at radius 3 is 2.61 bits per heavy atom. The van der Waals surface area contributed by atoms with Crippen molar-refractivity contribution < 1.29 is 19.1 Å². The number of halogens is 1. The summed E-state index contributed by atoms with van der Waals surface area (Å²) in [5, 5.41) is 0. The van der Waals surface area contributed by atoms with Crippen molar-refractivity contribution in [1.29, 1.82) is 0 Å². The highest BCUT2D eigenvalue weighted by atomic mass is 127. The topological polar surface area (TPSA) is 63.7 Å². The first kappa shape index (κ1) is 13.0. The van der Waals surface area contributed by atoms with Gasteiger partial charge in [0.15, 0.2) is 0 Å². The summed E-state index contributed by atoms with van der Waals surface area (Å²) in [6.07, 6.45) is 0.187. The number of amides is 2. The van der Waals surface area contributed by atoms with E-state index in [0.29, 0.717) is 14.8 Å². The van der Waals surface area contributed by atoms with E-state index >= 15 is 0 Å². The molecule has 1 aromatic carbocycles. The van der Waals surface area contributed by atoms with Crippen LogP contribution in [-0.4, -0.2) is 24.9 Å². The minimum atomic E-state index is -0.481. The fourth-order valence-electron chi connectivity index (χ4n) is 1.94. The second-order valence-corrected chi connectivity index (χ2v) is 5.04. The Morgan fingerprint density at radius 2 is 2.06 bits per heavy atom. The molecule has 0 unspecified atom stereocenters. The molecule has 0 fully saturated rings. The average molecular weight is 359 g/mol. The smallest absolute Gasteiger partial charge is 0.339 e. The molecule has 0 aliphatic carbocycles. The zero-order valence-corrected chi connectivity index (χ0v) is 12.0. The van der Waals surface area contributed by atoms with Gasteiger partial charge in [-0.15, -0.1) is 0 Å². The third kappa shape index (κ3) is 2.00. The molecule has 1 aromatic rings. The summed E-state index contributed by atoms with van der Waals surface area (Å²) in [6.45, 7) is 1.32. The first-order valence-corrected chi connectivity index (χ1v) is 6.28. The average Bonchev–Trinajstić information content (AvgIpc) is 2.62. The van der Waals surface area contributed by atoms with Gasteiger partial charge in [0, 0.05) is 10.5 Å². The minimum Gasteiger partial charge on any atom is -0.465 e. The lowest BCUT2D eigenvalue weighted by atomic mass is 10.1. The van der Waals surface area contributed by atoms with Crippen molar-refractivity contribution in [3.63, 3.8) is 0 Å². The van der Waals surface area contributed by atoms with Crippen molar-refractivity contribution in [2.45, 2.75) is 13.3 Å². The van der Waals surface area contributed by atoms with E-state index in [-0.39, 0.29) is 18.2 Å². The summed E-state index contributed by atoms with van der Waals surface area (Å²) in [5.41, 5.74) is 1.60. The Hall–Kier alpha value is -1.44. The van der Waals surface area contributed by atoms with E-state index in [1.165, 1.54) is 20.1 Å². The van der Waals surface area contributed by atoms with E-state index in [1.54, 1.807) is 6.07 Å². The Kier molecular flexibility index (Phi) is 3.38. The van der Waals surface area contributed by atoms with Gasteiger partial charge < -0.3 is 4.74 Å². The van der Waals surface area contributed by atoms with E-state index in [1.807, 2.05) is 22.6 Å². The highest BCUT2D eigenvalue weighted by molar-refractivity contribution is 14.1. The molecule has 94 valence electrons. The molecule has 18 heavy (non-hydrogen) atoms. The van der Waals surface area contributed by atoms with Crippen LogP contribution in [0.1, 0.15) is 22.8 Å². The van der Waals surface area contributed by atoms with E-state index in [9.17, 15) is 14.4 Å². The number of carbonyl (C=O) groups excluding carboxylic acids is 3. The zero-order chi connectivity index (χ0) is 13.4. The highest BCUT2D eigenvalue weighted by Crippen LogP contribution is 2.32. The number of benzene rings is 1. The third-order valence-electron chi connectivity index (χ3n) is 2.72. The Morgan fingerprint density at radius 1 is 1.39 bits per heavy atom. The van der Waals surface area contributed by atoms with Crippen LogP contribution in [-0.2, 0) is 20.7 Å². The monoisotopic (exact) mass is 359 g/mol. The number of esters is 1. The molecular formula is C12H10INO4. The lowest BCUT2D eigenvalue weighted by Gasteiger charge is -2.14. The molecule has 0 N–H and O–H groups in total. The van der Waals surface area contributed by atoms with Gasteiger partial charge in [0.1, 0.15) is 0 Å². The fourth-order valence-corrected chi connectivity index (χ4v) is 2.69. The van der Waals surface area contributed by atoms with Crippen LogP contribution in [0.2, 0.25) is 0 Å². The molecule has 6 heteroatoms. The summed E-state index contributed by atoms with van der Waals surface area (Å²) < 4.78 is 5.37. The molecule has 0 spiro atoms. The molecule has 0 atom stereocenters. The van der Waals surface area contributed by atoms with Gasteiger partial charge in [0.05, 0.1) is 24.8 Å². The van der Waals surface area contributed by atoms with Gasteiger partial charge in [-0.3, -0.25) is 14.5 Å². The molecule has 5 nitrogen and oxygen atoms in total. The van der Waals surface area contributed by atoms with Crippen LogP contribution in [0.5, 0.6) is 0 Å². The predicted octanol–water partition coefficient (Wildman–Crippen LogP) is 1.51. The van der Waals surface area contributed by atoms with Crippen molar-refractivity contribution in [2.24, 2.45) is 0 Å². The third-order valence-corrected chi connectivity index (χ3v) is 3.61. The summed E-state index contributed by atoms with van der Waals surface area (Å²) in [6, 6.07) is 3.28.